The van der Waals surface area contributed by atoms with Gasteiger partial charge in [-0.05, 0) is 44.5 Å². The third-order valence-corrected chi connectivity index (χ3v) is 5.21. The Morgan fingerprint density at radius 3 is 2.59 bits per heavy atom. The number of aryl methyl sites for hydroxylation is 3. The molecule has 1 aliphatic rings. The lowest BCUT2D eigenvalue weighted by molar-refractivity contribution is 0.0612. The van der Waals surface area contributed by atoms with Gasteiger partial charge >= 0.3 is 0 Å². The van der Waals surface area contributed by atoms with Gasteiger partial charge in [-0.25, -0.2) is 14.1 Å². The number of hydrogen-bond donors (Lipinski definition) is 0. The standard InChI is InChI=1S/C20H23FN6O2/c1-13-10-16(21)4-5-18(13)27-11-17(23-24-27)20(28)26-8-6-25(7-9-26)12-19-22-14(2)15(3)29-19/h4-5,10-11H,6-9,12H2,1-3H3. The van der Waals surface area contributed by atoms with Gasteiger partial charge in [-0.15, -0.1) is 5.10 Å². The lowest BCUT2D eigenvalue weighted by Gasteiger charge is -2.33. The van der Waals surface area contributed by atoms with Crippen LogP contribution in [0.1, 0.15) is 33.4 Å². The van der Waals surface area contributed by atoms with Crippen molar-refractivity contribution in [1.82, 2.24) is 29.8 Å². The Bertz CT molecular complexity index is 1020. The lowest BCUT2D eigenvalue weighted by Crippen LogP contribution is -2.48. The van der Waals surface area contributed by atoms with Crippen molar-refractivity contribution in [1.29, 1.82) is 0 Å². The minimum Gasteiger partial charge on any atom is -0.444 e. The summed E-state index contributed by atoms with van der Waals surface area (Å²) in [5.74, 6) is 1.08. The van der Waals surface area contributed by atoms with Crippen LogP contribution in [0.25, 0.3) is 5.69 Å². The van der Waals surface area contributed by atoms with Gasteiger partial charge in [0.25, 0.3) is 5.91 Å². The van der Waals surface area contributed by atoms with Gasteiger partial charge in [0.05, 0.1) is 24.1 Å². The molecule has 2 aromatic heterocycles. The number of carbonyl (C=O) groups excluding carboxylic acids is 1. The second kappa shape index (κ2) is 7.75. The van der Waals surface area contributed by atoms with E-state index < -0.39 is 0 Å². The van der Waals surface area contributed by atoms with Crippen LogP contribution in [0.4, 0.5) is 4.39 Å². The molecule has 0 spiro atoms. The number of nitrogens with zero attached hydrogens (tertiary/aromatic N) is 6. The maximum absolute atomic E-state index is 13.3. The number of amides is 1. The molecule has 9 heteroatoms. The van der Waals surface area contributed by atoms with Crippen LogP contribution in [0.3, 0.4) is 0 Å². The summed E-state index contributed by atoms with van der Waals surface area (Å²) in [6, 6.07) is 4.41. The van der Waals surface area contributed by atoms with Gasteiger partial charge in [-0.1, -0.05) is 5.21 Å². The number of benzene rings is 1. The van der Waals surface area contributed by atoms with Gasteiger partial charge in [-0.3, -0.25) is 9.69 Å². The van der Waals surface area contributed by atoms with Crippen molar-refractivity contribution in [3.05, 3.63) is 58.8 Å². The molecule has 0 aliphatic carbocycles. The first kappa shape index (κ1) is 19.3. The van der Waals surface area contributed by atoms with Crippen LogP contribution in [-0.4, -0.2) is 61.9 Å². The maximum Gasteiger partial charge on any atom is 0.276 e. The first-order chi connectivity index (χ1) is 13.9. The van der Waals surface area contributed by atoms with E-state index in [2.05, 4.69) is 20.2 Å². The molecule has 0 unspecified atom stereocenters. The third kappa shape index (κ3) is 4.04. The highest BCUT2D eigenvalue weighted by Crippen LogP contribution is 2.16. The summed E-state index contributed by atoms with van der Waals surface area (Å²) in [5, 5.41) is 8.06. The second-order valence-electron chi connectivity index (χ2n) is 7.30. The van der Waals surface area contributed by atoms with Crippen molar-refractivity contribution in [3.63, 3.8) is 0 Å². The second-order valence-corrected chi connectivity index (χ2v) is 7.30. The van der Waals surface area contributed by atoms with Gasteiger partial charge in [0.15, 0.2) is 5.69 Å². The van der Waals surface area contributed by atoms with Crippen molar-refractivity contribution in [2.24, 2.45) is 0 Å². The summed E-state index contributed by atoms with van der Waals surface area (Å²) >= 11 is 0. The highest BCUT2D eigenvalue weighted by atomic mass is 19.1. The molecule has 3 heterocycles. The molecule has 1 amide bonds. The monoisotopic (exact) mass is 398 g/mol. The fourth-order valence-electron chi connectivity index (χ4n) is 3.42. The molecule has 3 aromatic rings. The van der Waals surface area contributed by atoms with Crippen molar-refractivity contribution in [2.45, 2.75) is 27.3 Å². The highest BCUT2D eigenvalue weighted by Gasteiger charge is 2.25. The smallest absolute Gasteiger partial charge is 0.276 e. The summed E-state index contributed by atoms with van der Waals surface area (Å²) in [6.45, 7) is 8.92. The summed E-state index contributed by atoms with van der Waals surface area (Å²) in [7, 11) is 0. The quantitative estimate of drug-likeness (QED) is 0.671. The SMILES string of the molecule is Cc1cc(F)ccc1-n1cc(C(=O)N2CCN(Cc3nc(C)c(C)o3)CC2)nn1. The molecule has 0 bridgehead atoms. The predicted molar refractivity (Wildman–Crippen MR) is 103 cm³/mol. The van der Waals surface area contributed by atoms with Crippen LogP contribution in [0, 0.1) is 26.6 Å². The maximum atomic E-state index is 13.3. The van der Waals surface area contributed by atoms with Crippen LogP contribution in [-0.2, 0) is 6.54 Å². The number of oxazole rings is 1. The van der Waals surface area contributed by atoms with Crippen LogP contribution in [0.15, 0.2) is 28.8 Å². The molecule has 0 N–H and O–H groups in total. The third-order valence-electron chi connectivity index (χ3n) is 5.21. The predicted octanol–water partition coefficient (Wildman–Crippen LogP) is 2.28. The van der Waals surface area contributed by atoms with Crippen LogP contribution in [0.2, 0.25) is 0 Å². The van der Waals surface area contributed by atoms with Crippen LogP contribution >= 0.6 is 0 Å². The van der Waals surface area contributed by atoms with Crippen molar-refractivity contribution < 1.29 is 13.6 Å². The Labute approximate surface area is 167 Å². The van der Waals surface area contributed by atoms with Gasteiger partial charge in [0.1, 0.15) is 11.6 Å². The van der Waals surface area contributed by atoms with E-state index in [4.69, 9.17) is 4.42 Å². The molecule has 1 fully saturated rings. The van der Waals surface area contributed by atoms with Gasteiger partial charge in [0.2, 0.25) is 5.89 Å². The first-order valence-corrected chi connectivity index (χ1v) is 9.54. The molecule has 8 nitrogen and oxygen atoms in total. The van der Waals surface area contributed by atoms with E-state index in [-0.39, 0.29) is 17.4 Å². The Balaban J connectivity index is 1.38. The molecule has 152 valence electrons. The van der Waals surface area contributed by atoms with E-state index in [1.54, 1.807) is 24.1 Å². The van der Waals surface area contributed by atoms with E-state index in [1.165, 1.54) is 16.8 Å². The van der Waals surface area contributed by atoms with E-state index >= 15 is 0 Å². The minimum absolute atomic E-state index is 0.154. The zero-order valence-electron chi connectivity index (χ0n) is 16.7. The molecular weight excluding hydrogens is 375 g/mol. The van der Waals surface area contributed by atoms with Gasteiger partial charge in [0, 0.05) is 26.2 Å². The number of piperazine rings is 1. The Morgan fingerprint density at radius 2 is 1.93 bits per heavy atom. The minimum atomic E-state index is -0.310. The number of aromatic nitrogens is 4. The Hall–Kier alpha value is -3.07. The fourth-order valence-corrected chi connectivity index (χ4v) is 3.42. The van der Waals surface area contributed by atoms with Crippen molar-refractivity contribution in [2.75, 3.05) is 26.2 Å². The van der Waals surface area contributed by atoms with E-state index in [9.17, 15) is 9.18 Å². The zero-order chi connectivity index (χ0) is 20.5. The van der Waals surface area contributed by atoms with Crippen molar-refractivity contribution >= 4 is 5.91 Å². The molecule has 1 saturated heterocycles. The molecule has 0 radical (unpaired) electrons. The largest absolute Gasteiger partial charge is 0.444 e. The van der Waals surface area contributed by atoms with Gasteiger partial charge < -0.3 is 9.32 Å². The normalized spacial score (nSPS) is 15.1. The lowest BCUT2D eigenvalue weighted by atomic mass is 10.2. The zero-order valence-corrected chi connectivity index (χ0v) is 16.7. The summed E-state index contributed by atoms with van der Waals surface area (Å²) in [6.07, 6.45) is 1.59. The molecule has 0 saturated carbocycles. The number of halogens is 1. The molecular formula is C20H23FN6O2. The average molecular weight is 398 g/mol. The molecule has 29 heavy (non-hydrogen) atoms. The number of rotatable bonds is 4. The van der Waals surface area contributed by atoms with E-state index in [0.29, 0.717) is 31.2 Å². The average Bonchev–Trinajstić information content (AvgIpc) is 3.29. The van der Waals surface area contributed by atoms with E-state index in [0.717, 1.165) is 30.1 Å². The molecule has 1 aliphatic heterocycles. The van der Waals surface area contributed by atoms with Crippen LogP contribution < -0.4 is 0 Å². The summed E-state index contributed by atoms with van der Waals surface area (Å²) < 4.78 is 20.5. The Kier molecular flexibility index (Phi) is 5.14. The van der Waals surface area contributed by atoms with Gasteiger partial charge in [-0.2, -0.15) is 0 Å². The first-order valence-electron chi connectivity index (χ1n) is 9.54. The van der Waals surface area contributed by atoms with E-state index in [1.807, 2.05) is 13.8 Å². The molecule has 4 rings (SSSR count). The molecule has 1 aromatic carbocycles. The van der Waals surface area contributed by atoms with Crippen molar-refractivity contribution in [3.8, 4) is 5.69 Å². The summed E-state index contributed by atoms with van der Waals surface area (Å²) in [5.41, 5.74) is 2.60. The number of hydrogen-bond acceptors (Lipinski definition) is 6. The topological polar surface area (TPSA) is 80.3 Å². The Morgan fingerprint density at radius 1 is 1.17 bits per heavy atom. The summed E-state index contributed by atoms with van der Waals surface area (Å²) in [4.78, 5) is 21.2. The van der Waals surface area contributed by atoms with Crippen LogP contribution in [0.5, 0.6) is 0 Å². The fraction of sp³-hybridized carbons (Fsp3) is 0.400. The highest BCUT2D eigenvalue weighted by molar-refractivity contribution is 5.92. The number of carbonyl (C=O) groups is 1. The molecule has 0 atom stereocenters.